The summed E-state index contributed by atoms with van der Waals surface area (Å²) in [5.41, 5.74) is 6.09. The number of carbonyl (C=O) groups is 11. The van der Waals surface area contributed by atoms with Crippen LogP contribution in [0, 0.1) is 30.1 Å². The van der Waals surface area contributed by atoms with E-state index in [1.165, 1.54) is 50.1 Å². The van der Waals surface area contributed by atoms with Crippen LogP contribution in [0.25, 0.3) is 0 Å². The van der Waals surface area contributed by atoms with E-state index in [-0.39, 0.29) is 100 Å². The van der Waals surface area contributed by atoms with Gasteiger partial charge in [0.05, 0.1) is 35.7 Å². The molecule has 3 heterocycles. The Bertz CT molecular complexity index is 3160. The van der Waals surface area contributed by atoms with E-state index in [9.17, 15) is 63.0 Å². The molecule has 0 radical (unpaired) electrons. The fourth-order valence-electron chi connectivity index (χ4n) is 11.7. The molecule has 1 saturated heterocycles. The Hall–Kier alpha value is -7.80. The number of halogens is 1. The van der Waals surface area contributed by atoms with Crippen molar-refractivity contribution in [3.8, 4) is 0 Å². The third kappa shape index (κ3) is 21.6. The van der Waals surface area contributed by atoms with E-state index >= 15 is 0 Å². The van der Waals surface area contributed by atoms with Gasteiger partial charge in [-0.2, -0.15) is 0 Å². The topological polar surface area (TPSA) is 328 Å². The summed E-state index contributed by atoms with van der Waals surface area (Å²) < 4.78 is 23.2. The van der Waals surface area contributed by atoms with Crippen LogP contribution >= 0.6 is 11.6 Å². The molecule has 1 fully saturated rings. The third-order valence-corrected chi connectivity index (χ3v) is 18.6. The summed E-state index contributed by atoms with van der Waals surface area (Å²) in [6, 6.07) is 7.45. The number of Topliss-reactive ketones (excluding diaryl/α,β-unsaturated/α-hetero) is 2. The molecule has 2 aromatic rings. The molecule has 0 aliphatic carbocycles. The van der Waals surface area contributed by atoms with Crippen molar-refractivity contribution in [2.75, 3.05) is 52.8 Å². The number of anilines is 1. The molecule has 0 aromatic heterocycles. The Morgan fingerprint density at radius 3 is 2.22 bits per heavy atom. The first-order valence-corrected chi connectivity index (χ1v) is 32.4. The van der Waals surface area contributed by atoms with Crippen molar-refractivity contribution in [1.82, 2.24) is 25.3 Å². The number of nitrogens with one attached hydrogen (secondary N) is 2. The molecule has 25 heteroatoms. The Kier molecular flexibility index (Phi) is 28.7. The largest absolute Gasteiger partial charge is 0.462 e. The summed E-state index contributed by atoms with van der Waals surface area (Å²) in [5.74, 6) is -6.21. The SMILES string of the molecule is CO[C@@H]1/C=C/C=C(\C)Cc2cc(C)c(Cl)c(c2)N(C)C(=O)C[C@H](OC(=O)[C@H](C)N(C)C(=O)CCN(C)C(=O)OCc2ccc(CC(=O)[C@H](CCCNC(N)=O)NC(=O)[C@@H](CC(=O)CCCCCN3C(=O)C=CC3=O)C(C)C)cc2)C(C)(C)[C@@H](O)[C@H](C)[C@@H]2C[C@@]1(O)CC(=O)O2. The van der Waals surface area contributed by atoms with Crippen LogP contribution in [0.5, 0.6) is 0 Å². The highest BCUT2D eigenvalue weighted by atomic mass is 35.5. The van der Waals surface area contributed by atoms with Gasteiger partial charge in [-0.15, -0.1) is 0 Å². The number of ether oxygens (including phenoxy) is 4. The summed E-state index contributed by atoms with van der Waals surface area (Å²) in [7, 11) is 5.79. The van der Waals surface area contributed by atoms with Gasteiger partial charge in [0.15, 0.2) is 5.78 Å². The van der Waals surface area contributed by atoms with E-state index in [0.717, 1.165) is 20.9 Å². The Morgan fingerprint density at radius 2 is 1.59 bits per heavy atom. The first kappa shape index (κ1) is 76.9. The number of unbranched alkanes of at least 4 members (excludes halogenated alkanes) is 2. The number of ketones is 2. The van der Waals surface area contributed by atoms with E-state index < -0.39 is 108 Å². The smallest absolute Gasteiger partial charge is 0.409 e. The number of methoxy groups -OCH3 is 1. The number of urea groups is 1. The van der Waals surface area contributed by atoms with Crippen molar-refractivity contribution >= 4 is 82.5 Å². The monoisotopic (exact) mass is 1330 g/mol. The number of hydrogen-bond acceptors (Lipinski definition) is 17. The zero-order chi connectivity index (χ0) is 69.9. The van der Waals surface area contributed by atoms with E-state index in [1.54, 1.807) is 70.3 Å². The summed E-state index contributed by atoms with van der Waals surface area (Å²) in [4.78, 5) is 150. The second-order valence-electron chi connectivity index (χ2n) is 26.1. The van der Waals surface area contributed by atoms with Crippen LogP contribution in [0.15, 0.2) is 72.4 Å². The lowest BCUT2D eigenvalue weighted by Crippen LogP contribution is -2.56. The lowest BCUT2D eigenvalue weighted by Gasteiger charge is -2.46. The molecule has 4 bridgehead atoms. The maximum atomic E-state index is 14.5. The molecular weight excluding hydrogens is 1230 g/mol. The average molecular weight is 1330 g/mol. The zero-order valence-corrected chi connectivity index (χ0v) is 57.1. The molecule has 2 aromatic carbocycles. The van der Waals surface area contributed by atoms with Crippen LogP contribution in [0.2, 0.25) is 5.02 Å². The lowest BCUT2D eigenvalue weighted by atomic mass is 9.70. The highest BCUT2D eigenvalue weighted by Crippen LogP contribution is 2.42. The molecule has 0 unspecified atom stereocenters. The van der Waals surface area contributed by atoms with Gasteiger partial charge in [0.2, 0.25) is 17.7 Å². The molecule has 6 N–H and O–H groups in total. The first-order valence-electron chi connectivity index (χ1n) is 32.0. The van der Waals surface area contributed by atoms with Crippen LogP contribution in [0.1, 0.15) is 141 Å². The van der Waals surface area contributed by atoms with Gasteiger partial charge in [-0.1, -0.05) is 107 Å². The summed E-state index contributed by atoms with van der Waals surface area (Å²) in [6.07, 6.45) is 3.61. The van der Waals surface area contributed by atoms with Gasteiger partial charge in [-0.3, -0.25) is 43.3 Å². The summed E-state index contributed by atoms with van der Waals surface area (Å²) in [5, 5.41) is 30.0. The molecule has 3 aliphatic rings. The number of fused-ring (bicyclic) bond motifs is 4. The van der Waals surface area contributed by atoms with Gasteiger partial charge in [-0.05, 0) is 87.1 Å². The van der Waals surface area contributed by atoms with Gasteiger partial charge in [0, 0.05) is 109 Å². The predicted molar refractivity (Wildman–Crippen MR) is 350 cm³/mol. The number of aryl methyl sites for hydroxylation is 1. The summed E-state index contributed by atoms with van der Waals surface area (Å²) in [6.45, 7) is 13.8. The van der Waals surface area contributed by atoms with Crippen molar-refractivity contribution in [3.63, 3.8) is 0 Å². The van der Waals surface area contributed by atoms with E-state index in [0.29, 0.717) is 59.5 Å². The van der Waals surface area contributed by atoms with Crippen molar-refractivity contribution < 1.29 is 81.9 Å². The zero-order valence-electron chi connectivity index (χ0n) is 56.3. The van der Waals surface area contributed by atoms with Gasteiger partial charge >= 0.3 is 24.1 Å². The fourth-order valence-corrected chi connectivity index (χ4v) is 12.0. The fraction of sp³-hybridized carbons (Fsp3) is 0.580. The maximum absolute atomic E-state index is 14.5. The number of nitrogens with zero attached hydrogens (tertiary/aromatic N) is 4. The molecule has 5 rings (SSSR count). The minimum atomic E-state index is -1.73. The van der Waals surface area contributed by atoms with Crippen molar-refractivity contribution in [2.24, 2.45) is 28.9 Å². The number of imide groups is 1. The van der Waals surface area contributed by atoms with Gasteiger partial charge in [-0.25, -0.2) is 14.4 Å². The number of rotatable bonds is 27. The second-order valence-corrected chi connectivity index (χ2v) is 26.5. The normalized spacial score (nSPS) is 22.7. The number of hydrogen-bond donors (Lipinski definition) is 5. The van der Waals surface area contributed by atoms with Gasteiger partial charge < -0.3 is 60.2 Å². The van der Waals surface area contributed by atoms with E-state index in [4.69, 9.17) is 36.3 Å². The van der Waals surface area contributed by atoms with Crippen LogP contribution < -0.4 is 21.3 Å². The highest BCUT2D eigenvalue weighted by molar-refractivity contribution is 6.34. The maximum Gasteiger partial charge on any atom is 0.409 e. The molecule has 0 spiro atoms. The van der Waals surface area contributed by atoms with Gasteiger partial charge in [0.1, 0.15) is 42.3 Å². The van der Waals surface area contributed by atoms with Gasteiger partial charge in [0.25, 0.3) is 11.8 Å². The van der Waals surface area contributed by atoms with E-state index in [1.807, 2.05) is 39.8 Å². The minimum absolute atomic E-state index is 0.0458. The number of aliphatic hydroxyl groups excluding tert-OH is 1. The molecule has 0 saturated carbocycles. The Balaban J connectivity index is 1.19. The minimum Gasteiger partial charge on any atom is -0.462 e. The van der Waals surface area contributed by atoms with Crippen LogP contribution in [0.3, 0.4) is 0 Å². The Morgan fingerprint density at radius 1 is 0.926 bits per heavy atom. The quantitative estimate of drug-likeness (QED) is 0.0268. The molecule has 516 valence electrons. The van der Waals surface area contributed by atoms with E-state index in [2.05, 4.69) is 10.6 Å². The average Bonchev–Trinajstić information content (AvgIpc) is 0.859. The van der Waals surface area contributed by atoms with Crippen molar-refractivity contribution in [2.45, 2.75) is 188 Å². The number of amides is 8. The number of primary amides is 1. The Labute approximate surface area is 556 Å². The molecule has 9 atom stereocenters. The second kappa shape index (κ2) is 35.1. The molecule has 8 amide bonds. The number of allylic oxidation sites excluding steroid dienone is 3. The number of esters is 2. The number of likely N-dealkylation sites (N-methyl/N-ethyl adjacent to an activating group) is 1. The van der Waals surface area contributed by atoms with Crippen molar-refractivity contribution in [3.05, 3.63) is 99.6 Å². The number of carbonyl (C=O) groups excluding carboxylic acids is 11. The number of nitrogens with two attached hydrogens (primary N) is 1. The van der Waals surface area contributed by atoms with Crippen molar-refractivity contribution in [1.29, 1.82) is 0 Å². The molecular formula is C69H96ClN7O17. The molecule has 3 aliphatic heterocycles. The first-order chi connectivity index (χ1) is 44.2. The number of aliphatic hydroxyl groups is 2. The third-order valence-electron chi connectivity index (χ3n) is 18.1. The lowest BCUT2D eigenvalue weighted by molar-refractivity contribution is -0.197. The number of benzene rings is 2. The summed E-state index contributed by atoms with van der Waals surface area (Å²) >= 11 is 6.85. The predicted octanol–water partition coefficient (Wildman–Crippen LogP) is 6.71. The molecule has 94 heavy (non-hydrogen) atoms. The van der Waals surface area contributed by atoms with Crippen LogP contribution in [0.4, 0.5) is 15.3 Å². The highest BCUT2D eigenvalue weighted by Gasteiger charge is 2.51. The van der Waals surface area contributed by atoms with Crippen LogP contribution in [-0.2, 0) is 81.5 Å². The standard InChI is InChI=1S/C69H96ClN7O17/c1-41(2)50(36-49(78)19-14-13-15-30-77-58(81)26-27-59(77)82)64(86)73-51(20-17-29-72-66(71)88)53(79)35-46-22-24-47(25-23-46)40-92-67(89)74(9)31-28-57(80)75(10)45(6)65(87)94-56-37-60(83)76(11)52-34-48(33-43(4)62(52)70)32-42(3)18-16-21-55(91-12)69(90)38-54(93-61(84)39-69)44(5)63(85)68(56,7)8/h16,18,21-27,33-34,41,44-45,50-51,54-56,63,85,90H,13-15,17,19-20,28-32,35-40H2,1-12H3,(H,73,86)(H3,71,72,88)/b21-16+,42-18+/t44-,45+,50+,51+,54+,55-,56+,63+,69-/m1/s1. The van der Waals surface area contributed by atoms with Crippen LogP contribution in [-0.4, -0.2) is 180 Å². The molecule has 24 nitrogen and oxygen atoms in total.